The number of hydrogen-bond donors (Lipinski definition) is 0. The molecule has 3 nitrogen and oxygen atoms in total. The Morgan fingerprint density at radius 2 is 1.96 bits per heavy atom. The largest absolute Gasteiger partial charge is 0.496 e. The van der Waals surface area contributed by atoms with E-state index in [0.29, 0.717) is 5.57 Å². The minimum Gasteiger partial charge on any atom is -0.496 e. The predicted molar refractivity (Wildman–Crippen MR) is 95.2 cm³/mol. The summed E-state index contributed by atoms with van der Waals surface area (Å²) in [5.74, 6) is 0.802. The SMILES string of the molecule is COc1ccccc1/C=C/C=C(\C#N)c1nc2ccccc2s1. The molecule has 3 aromatic rings. The maximum Gasteiger partial charge on any atom is 0.135 e. The zero-order chi connectivity index (χ0) is 16.1. The van der Waals surface area contributed by atoms with Crippen LogP contribution in [0.15, 0.2) is 60.7 Å². The summed E-state index contributed by atoms with van der Waals surface area (Å²) in [5, 5.41) is 10.1. The van der Waals surface area contributed by atoms with Crippen molar-refractivity contribution in [3.05, 3.63) is 71.3 Å². The number of ether oxygens (including phenoxy) is 1. The van der Waals surface area contributed by atoms with E-state index in [9.17, 15) is 5.26 Å². The number of nitriles is 1. The third-order valence-corrected chi connectivity index (χ3v) is 4.39. The fourth-order valence-electron chi connectivity index (χ4n) is 2.20. The van der Waals surface area contributed by atoms with Gasteiger partial charge in [0, 0.05) is 5.56 Å². The molecule has 0 saturated heterocycles. The van der Waals surface area contributed by atoms with Gasteiger partial charge in [0.15, 0.2) is 0 Å². The van der Waals surface area contributed by atoms with Crippen molar-refractivity contribution < 1.29 is 4.74 Å². The minimum atomic E-state index is 0.553. The van der Waals surface area contributed by atoms with Crippen LogP contribution >= 0.6 is 11.3 Å². The number of allylic oxidation sites excluding steroid dienone is 3. The lowest BCUT2D eigenvalue weighted by atomic mass is 10.1. The Morgan fingerprint density at radius 1 is 1.17 bits per heavy atom. The second-order valence-corrected chi connectivity index (χ2v) is 5.81. The molecule has 0 atom stereocenters. The van der Waals surface area contributed by atoms with Crippen molar-refractivity contribution in [1.29, 1.82) is 5.26 Å². The van der Waals surface area contributed by atoms with Crippen LogP contribution in [0.3, 0.4) is 0 Å². The Balaban J connectivity index is 1.90. The van der Waals surface area contributed by atoms with Crippen molar-refractivity contribution in [2.75, 3.05) is 7.11 Å². The minimum absolute atomic E-state index is 0.553. The van der Waals surface area contributed by atoms with Gasteiger partial charge in [-0.15, -0.1) is 11.3 Å². The number of methoxy groups -OCH3 is 1. The number of benzene rings is 2. The molecule has 1 aromatic heterocycles. The molecule has 0 radical (unpaired) electrons. The summed E-state index contributed by atoms with van der Waals surface area (Å²) < 4.78 is 6.39. The Labute approximate surface area is 138 Å². The van der Waals surface area contributed by atoms with Crippen LogP contribution in [0.5, 0.6) is 5.75 Å². The Kier molecular flexibility index (Phi) is 4.51. The van der Waals surface area contributed by atoms with Crippen LogP contribution in [0.25, 0.3) is 21.9 Å². The first-order valence-corrected chi connectivity index (χ1v) is 7.91. The van der Waals surface area contributed by atoms with Gasteiger partial charge in [0.1, 0.15) is 16.8 Å². The third-order valence-electron chi connectivity index (χ3n) is 3.32. The topological polar surface area (TPSA) is 45.9 Å². The second kappa shape index (κ2) is 6.91. The summed E-state index contributed by atoms with van der Waals surface area (Å²) in [4.78, 5) is 4.51. The molecule has 2 aromatic carbocycles. The summed E-state index contributed by atoms with van der Waals surface area (Å²) in [6.07, 6.45) is 5.55. The fraction of sp³-hybridized carbons (Fsp3) is 0.0526. The van der Waals surface area contributed by atoms with Crippen LogP contribution in [0.2, 0.25) is 0 Å². The molecule has 0 amide bonds. The number of rotatable bonds is 4. The van der Waals surface area contributed by atoms with Crippen LogP contribution < -0.4 is 4.74 Å². The molecule has 4 heteroatoms. The smallest absolute Gasteiger partial charge is 0.135 e. The first kappa shape index (κ1) is 15.0. The van der Waals surface area contributed by atoms with Gasteiger partial charge in [-0.1, -0.05) is 42.5 Å². The Morgan fingerprint density at radius 3 is 2.74 bits per heavy atom. The van der Waals surface area contributed by atoms with E-state index in [0.717, 1.165) is 26.5 Å². The van der Waals surface area contributed by atoms with E-state index in [4.69, 9.17) is 4.74 Å². The number of para-hydroxylation sites is 2. The lowest BCUT2D eigenvalue weighted by Crippen LogP contribution is -1.85. The number of nitrogens with zero attached hydrogens (tertiary/aromatic N) is 2. The van der Waals surface area contributed by atoms with Crippen molar-refractivity contribution in [3.63, 3.8) is 0 Å². The Bertz CT molecular complexity index is 899. The van der Waals surface area contributed by atoms with Gasteiger partial charge in [-0.25, -0.2) is 4.98 Å². The zero-order valence-corrected chi connectivity index (χ0v) is 13.4. The van der Waals surface area contributed by atoms with Crippen molar-refractivity contribution in [1.82, 2.24) is 4.98 Å². The van der Waals surface area contributed by atoms with Crippen LogP contribution in [-0.2, 0) is 0 Å². The van der Waals surface area contributed by atoms with E-state index in [1.807, 2.05) is 60.7 Å². The zero-order valence-electron chi connectivity index (χ0n) is 12.6. The van der Waals surface area contributed by atoms with E-state index in [1.54, 1.807) is 13.2 Å². The van der Waals surface area contributed by atoms with Gasteiger partial charge in [-0.3, -0.25) is 0 Å². The highest BCUT2D eigenvalue weighted by molar-refractivity contribution is 7.19. The Hall–Kier alpha value is -2.90. The molecule has 1 heterocycles. The second-order valence-electron chi connectivity index (χ2n) is 4.78. The molecule has 3 rings (SSSR count). The summed E-state index contributed by atoms with van der Waals surface area (Å²) in [6.45, 7) is 0. The lowest BCUT2D eigenvalue weighted by Gasteiger charge is -2.02. The number of thiazole rings is 1. The molecule has 0 aliphatic carbocycles. The maximum absolute atomic E-state index is 9.39. The normalized spacial score (nSPS) is 11.7. The fourth-order valence-corrected chi connectivity index (χ4v) is 3.14. The standard InChI is InChI=1S/C19H14N2OS/c1-22-17-11-4-2-7-14(17)8-6-9-15(13-20)19-21-16-10-3-5-12-18(16)23-19/h2-12H,1H3/b8-6+,15-9+. The van der Waals surface area contributed by atoms with E-state index in [-0.39, 0.29) is 0 Å². The quantitative estimate of drug-likeness (QED) is 0.506. The van der Waals surface area contributed by atoms with E-state index < -0.39 is 0 Å². The van der Waals surface area contributed by atoms with Crippen molar-refractivity contribution in [2.45, 2.75) is 0 Å². The molecule has 0 aliphatic heterocycles. The van der Waals surface area contributed by atoms with Crippen LogP contribution in [0.1, 0.15) is 10.6 Å². The van der Waals surface area contributed by atoms with E-state index in [1.165, 1.54) is 11.3 Å². The van der Waals surface area contributed by atoms with Crippen LogP contribution in [-0.4, -0.2) is 12.1 Å². The molecule has 0 N–H and O–H groups in total. The highest BCUT2D eigenvalue weighted by atomic mass is 32.1. The summed E-state index contributed by atoms with van der Waals surface area (Å²) >= 11 is 1.52. The van der Waals surface area contributed by atoms with Gasteiger partial charge in [0.05, 0.1) is 22.9 Å². The highest BCUT2D eigenvalue weighted by Crippen LogP contribution is 2.27. The molecular weight excluding hydrogens is 304 g/mol. The molecule has 23 heavy (non-hydrogen) atoms. The molecule has 112 valence electrons. The molecule has 0 saturated carbocycles. The number of aromatic nitrogens is 1. The van der Waals surface area contributed by atoms with Gasteiger partial charge >= 0.3 is 0 Å². The number of hydrogen-bond acceptors (Lipinski definition) is 4. The molecule has 0 unspecified atom stereocenters. The van der Waals surface area contributed by atoms with Gasteiger partial charge in [-0.2, -0.15) is 5.26 Å². The highest BCUT2D eigenvalue weighted by Gasteiger charge is 2.07. The van der Waals surface area contributed by atoms with Gasteiger partial charge in [0.2, 0.25) is 0 Å². The molecule has 0 spiro atoms. The molecule has 0 aliphatic rings. The first-order chi connectivity index (χ1) is 11.3. The summed E-state index contributed by atoms with van der Waals surface area (Å²) in [5.41, 5.74) is 2.44. The maximum atomic E-state index is 9.39. The van der Waals surface area contributed by atoms with Crippen molar-refractivity contribution in [2.24, 2.45) is 0 Å². The monoisotopic (exact) mass is 318 g/mol. The predicted octanol–water partition coefficient (Wildman–Crippen LogP) is 4.93. The molecule has 0 bridgehead atoms. The average molecular weight is 318 g/mol. The van der Waals surface area contributed by atoms with Gasteiger partial charge < -0.3 is 4.74 Å². The van der Waals surface area contributed by atoms with Crippen LogP contribution in [0.4, 0.5) is 0 Å². The van der Waals surface area contributed by atoms with E-state index >= 15 is 0 Å². The van der Waals surface area contributed by atoms with Crippen molar-refractivity contribution in [3.8, 4) is 11.8 Å². The van der Waals surface area contributed by atoms with Crippen LogP contribution in [0, 0.1) is 11.3 Å². The molecule has 0 fully saturated rings. The van der Waals surface area contributed by atoms with Gasteiger partial charge in [-0.05, 0) is 24.3 Å². The summed E-state index contributed by atoms with van der Waals surface area (Å²) in [7, 11) is 1.64. The number of fused-ring (bicyclic) bond motifs is 1. The summed E-state index contributed by atoms with van der Waals surface area (Å²) in [6, 6.07) is 17.8. The third kappa shape index (κ3) is 3.31. The average Bonchev–Trinajstić information content (AvgIpc) is 3.03. The van der Waals surface area contributed by atoms with Gasteiger partial charge in [0.25, 0.3) is 0 Å². The molecular formula is C19H14N2OS. The first-order valence-electron chi connectivity index (χ1n) is 7.09. The van der Waals surface area contributed by atoms with Crippen molar-refractivity contribution >= 4 is 33.2 Å². The van der Waals surface area contributed by atoms with E-state index in [2.05, 4.69) is 11.1 Å². The lowest BCUT2D eigenvalue weighted by molar-refractivity contribution is 0.414.